The van der Waals surface area contributed by atoms with Crippen LogP contribution in [0.2, 0.25) is 0 Å². The zero-order chi connectivity index (χ0) is 14.1. The fourth-order valence-corrected chi connectivity index (χ4v) is 2.08. The van der Waals surface area contributed by atoms with Crippen molar-refractivity contribution in [2.45, 2.75) is 31.5 Å². The maximum absolute atomic E-state index is 13.6. The van der Waals surface area contributed by atoms with Crippen molar-refractivity contribution >= 4 is 0 Å². The van der Waals surface area contributed by atoms with Gasteiger partial charge in [0.05, 0.1) is 5.56 Å². The minimum atomic E-state index is -4.50. The van der Waals surface area contributed by atoms with Crippen molar-refractivity contribution in [1.82, 2.24) is 5.32 Å². The summed E-state index contributed by atoms with van der Waals surface area (Å²) in [7, 11) is 0. The highest BCUT2D eigenvalue weighted by atomic mass is 19.4. The fourth-order valence-electron chi connectivity index (χ4n) is 2.08. The largest absolute Gasteiger partial charge is 0.484 e. The summed E-state index contributed by atoms with van der Waals surface area (Å²) in [5.41, 5.74) is -1.53. The average molecular weight is 277 g/mol. The molecule has 1 aromatic carbocycles. The van der Waals surface area contributed by atoms with Crippen molar-refractivity contribution in [3.05, 3.63) is 29.6 Å². The van der Waals surface area contributed by atoms with E-state index in [0.717, 1.165) is 12.1 Å². The first-order valence-corrected chi connectivity index (χ1v) is 6.07. The van der Waals surface area contributed by atoms with Gasteiger partial charge in [0.2, 0.25) is 0 Å². The summed E-state index contributed by atoms with van der Waals surface area (Å²) in [6.45, 7) is 3.20. The van der Waals surface area contributed by atoms with Crippen LogP contribution in [0.5, 0.6) is 5.75 Å². The summed E-state index contributed by atoms with van der Waals surface area (Å²) in [4.78, 5) is 0. The van der Waals surface area contributed by atoms with Crippen LogP contribution in [0.15, 0.2) is 18.2 Å². The molecule has 0 aromatic heterocycles. The topological polar surface area (TPSA) is 21.3 Å². The van der Waals surface area contributed by atoms with E-state index in [1.165, 1.54) is 0 Å². The molecular weight excluding hydrogens is 262 g/mol. The van der Waals surface area contributed by atoms with Crippen molar-refractivity contribution < 1.29 is 22.3 Å². The Kier molecular flexibility index (Phi) is 3.71. The molecule has 0 spiro atoms. The summed E-state index contributed by atoms with van der Waals surface area (Å²) in [5.74, 6) is -1.10. The number of ether oxygens (including phenoxy) is 1. The molecule has 2 rings (SSSR count). The van der Waals surface area contributed by atoms with Crippen LogP contribution in [0.25, 0.3) is 0 Å². The molecule has 6 heteroatoms. The normalized spacial score (nSPS) is 19.2. The van der Waals surface area contributed by atoms with Crippen LogP contribution in [0.4, 0.5) is 17.6 Å². The lowest BCUT2D eigenvalue weighted by molar-refractivity contribution is -0.137. The molecule has 0 aliphatic carbocycles. The van der Waals surface area contributed by atoms with E-state index in [4.69, 9.17) is 4.74 Å². The van der Waals surface area contributed by atoms with Gasteiger partial charge in [-0.1, -0.05) is 0 Å². The third-order valence-electron chi connectivity index (χ3n) is 3.28. The third-order valence-corrected chi connectivity index (χ3v) is 3.28. The molecule has 1 N–H and O–H groups in total. The highest BCUT2D eigenvalue weighted by Gasteiger charge is 2.34. The molecule has 2 nitrogen and oxygen atoms in total. The molecule has 0 bridgehead atoms. The maximum Gasteiger partial charge on any atom is 0.416 e. The average Bonchev–Trinajstić information content (AvgIpc) is 2.31. The Hall–Kier alpha value is -1.30. The molecular formula is C13H15F4NO. The van der Waals surface area contributed by atoms with Crippen LogP contribution in [-0.4, -0.2) is 18.7 Å². The first kappa shape index (κ1) is 14.1. The molecule has 1 aliphatic heterocycles. The zero-order valence-electron chi connectivity index (χ0n) is 10.5. The van der Waals surface area contributed by atoms with Gasteiger partial charge in [-0.05, 0) is 51.1 Å². The Morgan fingerprint density at radius 3 is 2.42 bits per heavy atom. The van der Waals surface area contributed by atoms with Gasteiger partial charge in [0.1, 0.15) is 5.60 Å². The highest BCUT2D eigenvalue weighted by Crippen LogP contribution is 2.35. The second-order valence-electron chi connectivity index (χ2n) is 4.94. The van der Waals surface area contributed by atoms with Gasteiger partial charge >= 0.3 is 6.18 Å². The lowest BCUT2D eigenvalue weighted by Crippen LogP contribution is -2.44. The Bertz CT molecular complexity index is 452. The summed E-state index contributed by atoms with van der Waals surface area (Å²) >= 11 is 0. The number of hydrogen-bond donors (Lipinski definition) is 1. The molecule has 0 unspecified atom stereocenters. The van der Waals surface area contributed by atoms with Gasteiger partial charge < -0.3 is 10.1 Å². The van der Waals surface area contributed by atoms with Crippen molar-refractivity contribution in [3.8, 4) is 5.75 Å². The van der Waals surface area contributed by atoms with E-state index >= 15 is 0 Å². The van der Waals surface area contributed by atoms with Gasteiger partial charge in [-0.15, -0.1) is 0 Å². The molecule has 1 fully saturated rings. The molecule has 0 atom stereocenters. The number of rotatable bonds is 2. The van der Waals surface area contributed by atoms with Crippen LogP contribution in [0.1, 0.15) is 25.3 Å². The molecule has 1 heterocycles. The van der Waals surface area contributed by atoms with Crippen LogP contribution < -0.4 is 10.1 Å². The Labute approximate surface area is 108 Å². The quantitative estimate of drug-likeness (QED) is 0.837. The Morgan fingerprint density at radius 1 is 1.21 bits per heavy atom. The molecule has 0 radical (unpaired) electrons. The Balaban J connectivity index is 2.24. The molecule has 1 saturated heterocycles. The van der Waals surface area contributed by atoms with Gasteiger partial charge in [-0.25, -0.2) is 4.39 Å². The highest BCUT2D eigenvalue weighted by molar-refractivity contribution is 5.32. The van der Waals surface area contributed by atoms with E-state index in [0.29, 0.717) is 32.0 Å². The standard InChI is InChI=1S/C13H15F4NO/c1-12(4-6-18-7-5-12)19-11-8-9(13(15,16)17)2-3-10(11)14/h2-3,8,18H,4-7H2,1H3. The van der Waals surface area contributed by atoms with E-state index < -0.39 is 23.2 Å². The van der Waals surface area contributed by atoms with E-state index in [1.807, 2.05) is 0 Å². The second kappa shape index (κ2) is 5.00. The molecule has 0 saturated carbocycles. The zero-order valence-corrected chi connectivity index (χ0v) is 10.5. The Morgan fingerprint density at radius 2 is 1.84 bits per heavy atom. The number of benzene rings is 1. The van der Waals surface area contributed by atoms with Crippen molar-refractivity contribution in [2.24, 2.45) is 0 Å². The first-order valence-electron chi connectivity index (χ1n) is 6.07. The number of piperidine rings is 1. The van der Waals surface area contributed by atoms with Gasteiger partial charge in [0.25, 0.3) is 0 Å². The summed E-state index contributed by atoms with van der Waals surface area (Å²) in [6, 6.07) is 2.23. The van der Waals surface area contributed by atoms with E-state index in [-0.39, 0.29) is 5.75 Å². The van der Waals surface area contributed by atoms with Gasteiger partial charge in [-0.3, -0.25) is 0 Å². The molecule has 106 valence electrons. The van der Waals surface area contributed by atoms with E-state index in [2.05, 4.69) is 5.32 Å². The summed E-state index contributed by atoms with van der Waals surface area (Å²) < 4.78 is 56.8. The van der Waals surface area contributed by atoms with Crippen LogP contribution >= 0.6 is 0 Å². The SMILES string of the molecule is CC1(Oc2cc(C(F)(F)F)ccc2F)CCNCC1. The number of nitrogens with one attached hydrogen (secondary N) is 1. The van der Waals surface area contributed by atoms with Crippen LogP contribution in [-0.2, 0) is 6.18 Å². The smallest absolute Gasteiger partial charge is 0.416 e. The predicted octanol–water partition coefficient (Wildman–Crippen LogP) is 3.37. The molecule has 1 aliphatic rings. The third kappa shape index (κ3) is 3.37. The first-order chi connectivity index (χ1) is 8.80. The van der Waals surface area contributed by atoms with Gasteiger partial charge in [0.15, 0.2) is 11.6 Å². The van der Waals surface area contributed by atoms with E-state index in [1.54, 1.807) is 6.92 Å². The van der Waals surface area contributed by atoms with Gasteiger partial charge in [-0.2, -0.15) is 13.2 Å². The molecule has 1 aromatic rings. The van der Waals surface area contributed by atoms with Crippen molar-refractivity contribution in [1.29, 1.82) is 0 Å². The van der Waals surface area contributed by atoms with Crippen LogP contribution in [0, 0.1) is 5.82 Å². The van der Waals surface area contributed by atoms with Crippen LogP contribution in [0.3, 0.4) is 0 Å². The number of hydrogen-bond acceptors (Lipinski definition) is 2. The fraction of sp³-hybridized carbons (Fsp3) is 0.538. The second-order valence-corrected chi connectivity index (χ2v) is 4.94. The monoisotopic (exact) mass is 277 g/mol. The van der Waals surface area contributed by atoms with Crippen molar-refractivity contribution in [2.75, 3.05) is 13.1 Å². The minimum absolute atomic E-state index is 0.334. The van der Waals surface area contributed by atoms with E-state index in [9.17, 15) is 17.6 Å². The van der Waals surface area contributed by atoms with Crippen molar-refractivity contribution in [3.63, 3.8) is 0 Å². The maximum atomic E-state index is 13.6. The lowest BCUT2D eigenvalue weighted by Gasteiger charge is -2.34. The molecule has 0 amide bonds. The van der Waals surface area contributed by atoms with Gasteiger partial charge in [0, 0.05) is 0 Å². The lowest BCUT2D eigenvalue weighted by atomic mass is 9.94. The minimum Gasteiger partial charge on any atom is -0.484 e. The predicted molar refractivity (Wildman–Crippen MR) is 62.5 cm³/mol. The number of halogens is 4. The number of alkyl halides is 3. The molecule has 19 heavy (non-hydrogen) atoms. The summed E-state index contributed by atoms with van der Waals surface area (Å²) in [6.07, 6.45) is -3.24. The summed E-state index contributed by atoms with van der Waals surface area (Å²) in [5, 5.41) is 3.12.